The van der Waals surface area contributed by atoms with Crippen LogP contribution < -0.4 is 14.8 Å². The normalized spacial score (nSPS) is 14.2. The molecule has 0 unspecified atom stereocenters. The number of halogens is 4. The molecule has 220 valence electrons. The molecule has 1 aliphatic heterocycles. The molecule has 1 aromatic heterocycles. The number of imidazole rings is 1. The van der Waals surface area contributed by atoms with E-state index in [1.165, 1.54) is 37.6 Å². The lowest BCUT2D eigenvalue weighted by Crippen LogP contribution is -2.41. The molecule has 9 nitrogen and oxygen atoms in total. The molecule has 0 saturated carbocycles. The summed E-state index contributed by atoms with van der Waals surface area (Å²) in [5, 5.41) is 2.56. The van der Waals surface area contributed by atoms with Crippen LogP contribution in [-0.4, -0.2) is 58.9 Å². The topological polar surface area (TPSA) is 94.9 Å². The van der Waals surface area contributed by atoms with E-state index in [1.54, 1.807) is 25.7 Å². The smallest absolute Gasteiger partial charge is 0.410 e. The highest BCUT2D eigenvalue weighted by Crippen LogP contribution is 2.33. The Morgan fingerprint density at radius 2 is 1.63 bits per heavy atom. The van der Waals surface area contributed by atoms with Gasteiger partial charge in [-0.25, -0.2) is 18.6 Å². The number of rotatable bonds is 7. The Morgan fingerprint density at radius 1 is 1.02 bits per heavy atom. The maximum atomic E-state index is 15.1. The largest absolute Gasteiger partial charge is 0.497 e. The maximum absolute atomic E-state index is 15.1. The van der Waals surface area contributed by atoms with Crippen molar-refractivity contribution in [2.24, 2.45) is 0 Å². The second kappa shape index (κ2) is 12.1. The highest BCUT2D eigenvalue weighted by Gasteiger charge is 2.30. The number of nitrogens with zero attached hydrogens (tertiary/aromatic N) is 3. The Hall–Kier alpha value is -4.29. The Labute approximate surface area is 234 Å². The fraction of sp³-hybridized carbons (Fsp3) is 0.393. The molecule has 1 N–H and O–H groups in total. The predicted molar refractivity (Wildman–Crippen MR) is 141 cm³/mol. The third-order valence-electron chi connectivity index (χ3n) is 6.32. The lowest BCUT2D eigenvalue weighted by Gasteiger charge is -2.32. The summed E-state index contributed by atoms with van der Waals surface area (Å²) in [5.74, 6) is -3.10. The molecule has 41 heavy (non-hydrogen) atoms. The van der Waals surface area contributed by atoms with Crippen molar-refractivity contribution in [1.29, 1.82) is 0 Å². The Bertz CT molecular complexity index is 1370. The van der Waals surface area contributed by atoms with Gasteiger partial charge in [-0.15, -0.1) is 0 Å². The van der Waals surface area contributed by atoms with Gasteiger partial charge in [0, 0.05) is 42.9 Å². The highest BCUT2D eigenvalue weighted by atomic mass is 19.3. The van der Waals surface area contributed by atoms with Gasteiger partial charge in [0.2, 0.25) is 5.95 Å². The molecule has 1 fully saturated rings. The number of carbonyl (C=O) groups excluding carboxylic acids is 2. The lowest BCUT2D eigenvalue weighted by molar-refractivity contribution is -0.0498. The first-order valence-electron chi connectivity index (χ1n) is 12.8. The molecule has 1 saturated heterocycles. The second-order valence-electron chi connectivity index (χ2n) is 10.4. The average Bonchev–Trinajstić information content (AvgIpc) is 3.30. The summed E-state index contributed by atoms with van der Waals surface area (Å²) in [6.45, 7) is 3.08. The van der Waals surface area contributed by atoms with Gasteiger partial charge in [0.05, 0.1) is 12.8 Å². The summed E-state index contributed by atoms with van der Waals surface area (Å²) in [4.78, 5) is 31.5. The van der Waals surface area contributed by atoms with Crippen LogP contribution in [-0.2, 0) is 4.74 Å². The van der Waals surface area contributed by atoms with Gasteiger partial charge in [-0.2, -0.15) is 8.78 Å². The quantitative estimate of drug-likeness (QED) is 0.339. The number of nitrogens with one attached hydrogen (secondary N) is 1. The van der Waals surface area contributed by atoms with Gasteiger partial charge in [-0.3, -0.25) is 14.7 Å². The molecule has 0 bridgehead atoms. The number of hydrogen-bond donors (Lipinski definition) is 1. The van der Waals surface area contributed by atoms with Gasteiger partial charge in [-0.05, 0) is 57.9 Å². The number of likely N-dealkylation sites (tertiary alicyclic amines) is 1. The number of benzene rings is 2. The van der Waals surface area contributed by atoms with E-state index in [4.69, 9.17) is 9.47 Å². The number of methoxy groups -OCH3 is 1. The lowest BCUT2D eigenvalue weighted by atomic mass is 9.94. The van der Waals surface area contributed by atoms with Crippen molar-refractivity contribution in [2.75, 3.05) is 25.5 Å². The van der Waals surface area contributed by atoms with E-state index < -0.39 is 41.5 Å². The van der Waals surface area contributed by atoms with Crippen LogP contribution in [0.2, 0.25) is 0 Å². The number of anilines is 1. The van der Waals surface area contributed by atoms with E-state index in [9.17, 15) is 18.4 Å². The molecule has 0 atom stereocenters. The van der Waals surface area contributed by atoms with Gasteiger partial charge >= 0.3 is 12.7 Å². The summed E-state index contributed by atoms with van der Waals surface area (Å²) < 4.78 is 70.9. The molecular weight excluding hydrogens is 548 g/mol. The van der Waals surface area contributed by atoms with Crippen LogP contribution in [0.4, 0.5) is 28.3 Å². The van der Waals surface area contributed by atoms with E-state index in [2.05, 4.69) is 15.0 Å². The van der Waals surface area contributed by atoms with Gasteiger partial charge < -0.3 is 19.1 Å². The molecule has 2 aromatic carbocycles. The van der Waals surface area contributed by atoms with Gasteiger partial charge in [-0.1, -0.05) is 0 Å². The number of ether oxygens (including phenoxy) is 3. The average molecular weight is 579 g/mol. The molecule has 0 spiro atoms. The van der Waals surface area contributed by atoms with E-state index >= 15 is 8.78 Å². The predicted octanol–water partition coefficient (Wildman–Crippen LogP) is 6.13. The first-order valence-corrected chi connectivity index (χ1v) is 12.8. The second-order valence-corrected chi connectivity index (χ2v) is 10.4. The molecular formula is C28H30F4N4O5. The van der Waals surface area contributed by atoms with Crippen LogP contribution >= 0.6 is 0 Å². The zero-order chi connectivity index (χ0) is 29.9. The van der Waals surface area contributed by atoms with Crippen LogP contribution in [0, 0.1) is 11.6 Å². The summed E-state index contributed by atoms with van der Waals surface area (Å²) >= 11 is 0. The van der Waals surface area contributed by atoms with E-state index in [1.807, 2.05) is 0 Å². The standard InChI is InChI=1S/C28H30F4N4O5/c1-28(2,3)41-27(38)35-11-9-16(10-12-35)22-15-36(23-20(29)13-19(39-4)14-21(23)30)26(33-22)34-24(37)17-5-7-18(8-6-17)40-25(31)32/h5-8,13-16,25H,9-12H2,1-4H3,(H,33,34,37). The van der Waals surface area contributed by atoms with Crippen molar-refractivity contribution in [3.8, 4) is 17.2 Å². The first kappa shape index (κ1) is 29.7. The minimum atomic E-state index is -3.02. The number of amides is 2. The summed E-state index contributed by atoms with van der Waals surface area (Å²) in [6.07, 6.45) is 2.02. The first-order chi connectivity index (χ1) is 19.3. The summed E-state index contributed by atoms with van der Waals surface area (Å²) in [6, 6.07) is 6.93. The molecule has 13 heteroatoms. The highest BCUT2D eigenvalue weighted by molar-refractivity contribution is 6.03. The van der Waals surface area contributed by atoms with Crippen LogP contribution in [0.15, 0.2) is 42.6 Å². The number of hydrogen-bond acceptors (Lipinski definition) is 6. The molecule has 0 aliphatic carbocycles. The van der Waals surface area contributed by atoms with Gasteiger partial charge in [0.15, 0.2) is 11.6 Å². The monoisotopic (exact) mass is 578 g/mol. The van der Waals surface area contributed by atoms with Crippen molar-refractivity contribution in [3.63, 3.8) is 0 Å². The molecule has 2 heterocycles. The van der Waals surface area contributed by atoms with Crippen molar-refractivity contribution in [3.05, 3.63) is 65.5 Å². The molecule has 0 radical (unpaired) electrons. The fourth-order valence-electron chi connectivity index (χ4n) is 4.39. The molecule has 3 aromatic rings. The minimum absolute atomic E-state index is 0.0321. The third kappa shape index (κ3) is 7.27. The Kier molecular flexibility index (Phi) is 8.74. The third-order valence-corrected chi connectivity index (χ3v) is 6.32. The molecule has 4 rings (SSSR count). The number of alkyl halides is 2. The zero-order valence-electron chi connectivity index (χ0n) is 22.9. The van der Waals surface area contributed by atoms with Gasteiger partial charge in [0.25, 0.3) is 5.91 Å². The molecule has 1 aliphatic rings. The Balaban J connectivity index is 1.61. The van der Waals surface area contributed by atoms with Crippen molar-refractivity contribution < 1.29 is 41.4 Å². The van der Waals surface area contributed by atoms with Crippen LogP contribution in [0.1, 0.15) is 55.6 Å². The maximum Gasteiger partial charge on any atom is 0.410 e. The number of piperidine rings is 1. The number of aromatic nitrogens is 2. The van der Waals surface area contributed by atoms with E-state index in [0.29, 0.717) is 31.6 Å². The Morgan fingerprint density at radius 3 is 2.17 bits per heavy atom. The van der Waals surface area contributed by atoms with Crippen LogP contribution in [0.5, 0.6) is 11.5 Å². The minimum Gasteiger partial charge on any atom is -0.497 e. The summed E-state index contributed by atoms with van der Waals surface area (Å²) in [7, 11) is 1.27. The van der Waals surface area contributed by atoms with Gasteiger partial charge in [0.1, 0.15) is 22.8 Å². The fourth-order valence-corrected chi connectivity index (χ4v) is 4.39. The molecule has 2 amide bonds. The van der Waals surface area contributed by atoms with Crippen molar-refractivity contribution in [2.45, 2.75) is 51.7 Å². The van der Waals surface area contributed by atoms with Crippen LogP contribution in [0.3, 0.4) is 0 Å². The van der Waals surface area contributed by atoms with E-state index in [0.717, 1.165) is 16.7 Å². The van der Waals surface area contributed by atoms with Crippen molar-refractivity contribution >= 4 is 17.9 Å². The SMILES string of the molecule is COc1cc(F)c(-n2cc(C3CCN(C(=O)OC(C)(C)C)CC3)nc2NC(=O)c2ccc(OC(F)F)cc2)c(F)c1. The summed E-state index contributed by atoms with van der Waals surface area (Å²) in [5.41, 5.74) is -0.585. The number of carbonyl (C=O) groups is 2. The van der Waals surface area contributed by atoms with Crippen molar-refractivity contribution in [1.82, 2.24) is 14.5 Å². The van der Waals surface area contributed by atoms with E-state index in [-0.39, 0.29) is 28.9 Å². The van der Waals surface area contributed by atoms with Crippen LogP contribution in [0.25, 0.3) is 5.69 Å². The zero-order valence-corrected chi connectivity index (χ0v) is 22.9.